The van der Waals surface area contributed by atoms with Crippen LogP contribution in [0.3, 0.4) is 0 Å². The van der Waals surface area contributed by atoms with Crippen molar-refractivity contribution < 1.29 is 14.7 Å². The molecule has 1 aromatic carbocycles. The number of amides is 1. The standard InChI is InChI=1S/C17H18N2O4/c1-11(2)13-5-3-4-6-14(13)18-15(20)10-19-9-12(17(22)23)7-8-16(19)21/h3-9,11H,10H2,1-2H3,(H,18,20)(H,22,23). The molecule has 0 spiro atoms. The molecule has 23 heavy (non-hydrogen) atoms. The molecule has 2 aromatic rings. The largest absolute Gasteiger partial charge is 0.478 e. The SMILES string of the molecule is CC(C)c1ccccc1NC(=O)Cn1cc(C(=O)O)ccc1=O. The average molecular weight is 314 g/mol. The van der Waals surface area contributed by atoms with Crippen LogP contribution in [0.15, 0.2) is 47.4 Å². The normalized spacial score (nSPS) is 10.6. The van der Waals surface area contributed by atoms with Crippen LogP contribution in [0.1, 0.15) is 35.7 Å². The van der Waals surface area contributed by atoms with E-state index in [1.165, 1.54) is 12.3 Å². The molecule has 120 valence electrons. The maximum Gasteiger partial charge on any atom is 0.337 e. The molecule has 0 bridgehead atoms. The molecule has 0 saturated carbocycles. The number of benzene rings is 1. The summed E-state index contributed by atoms with van der Waals surface area (Å²) in [6.07, 6.45) is 1.17. The average Bonchev–Trinajstić information content (AvgIpc) is 2.49. The molecule has 1 amide bonds. The van der Waals surface area contributed by atoms with E-state index in [0.29, 0.717) is 5.69 Å². The van der Waals surface area contributed by atoms with E-state index >= 15 is 0 Å². The fourth-order valence-electron chi connectivity index (χ4n) is 2.24. The highest BCUT2D eigenvalue weighted by molar-refractivity contribution is 5.91. The molecule has 1 heterocycles. The van der Waals surface area contributed by atoms with Crippen molar-refractivity contribution >= 4 is 17.6 Å². The van der Waals surface area contributed by atoms with Crippen LogP contribution >= 0.6 is 0 Å². The van der Waals surface area contributed by atoms with Crippen LogP contribution in [-0.2, 0) is 11.3 Å². The van der Waals surface area contributed by atoms with Gasteiger partial charge in [-0.1, -0.05) is 32.0 Å². The minimum atomic E-state index is -1.15. The number of nitrogens with one attached hydrogen (secondary N) is 1. The van der Waals surface area contributed by atoms with Gasteiger partial charge in [0.2, 0.25) is 5.91 Å². The summed E-state index contributed by atoms with van der Waals surface area (Å²) in [6.45, 7) is 3.80. The first-order chi connectivity index (χ1) is 10.9. The van der Waals surface area contributed by atoms with Crippen molar-refractivity contribution in [3.05, 3.63) is 64.1 Å². The Morgan fingerprint density at radius 1 is 1.17 bits per heavy atom. The Bertz CT molecular complexity index is 793. The Morgan fingerprint density at radius 3 is 2.52 bits per heavy atom. The summed E-state index contributed by atoms with van der Waals surface area (Å²) < 4.78 is 1.08. The van der Waals surface area contributed by atoms with Gasteiger partial charge in [0.05, 0.1) is 5.56 Å². The number of carbonyl (C=O) groups excluding carboxylic acids is 1. The van der Waals surface area contributed by atoms with Crippen molar-refractivity contribution in [1.82, 2.24) is 4.57 Å². The topological polar surface area (TPSA) is 88.4 Å². The summed E-state index contributed by atoms with van der Waals surface area (Å²) in [4.78, 5) is 34.9. The van der Waals surface area contributed by atoms with Crippen LogP contribution in [0.4, 0.5) is 5.69 Å². The molecule has 0 radical (unpaired) electrons. The van der Waals surface area contributed by atoms with Crippen LogP contribution in [0.2, 0.25) is 0 Å². The van der Waals surface area contributed by atoms with Gasteiger partial charge in [0.25, 0.3) is 5.56 Å². The van der Waals surface area contributed by atoms with Crippen LogP contribution in [-0.4, -0.2) is 21.6 Å². The summed E-state index contributed by atoms with van der Waals surface area (Å²) in [5.41, 5.74) is 1.21. The number of nitrogens with zero attached hydrogens (tertiary/aromatic N) is 1. The van der Waals surface area contributed by atoms with Crippen LogP contribution in [0, 0.1) is 0 Å². The van der Waals surface area contributed by atoms with Crippen molar-refractivity contribution in [2.75, 3.05) is 5.32 Å². The van der Waals surface area contributed by atoms with E-state index < -0.39 is 11.5 Å². The first-order valence-electron chi connectivity index (χ1n) is 7.21. The summed E-state index contributed by atoms with van der Waals surface area (Å²) >= 11 is 0. The molecule has 6 heteroatoms. The molecule has 2 rings (SSSR count). The number of hydrogen-bond acceptors (Lipinski definition) is 3. The number of pyridine rings is 1. The molecular formula is C17H18N2O4. The monoisotopic (exact) mass is 314 g/mol. The van der Waals surface area contributed by atoms with E-state index in [4.69, 9.17) is 5.11 Å². The van der Waals surface area contributed by atoms with Gasteiger partial charge in [-0.05, 0) is 23.6 Å². The minimum absolute atomic E-state index is 0.0417. The summed E-state index contributed by atoms with van der Waals surface area (Å²) in [5, 5.41) is 11.7. The lowest BCUT2D eigenvalue weighted by Crippen LogP contribution is -2.27. The predicted octanol–water partition coefficient (Wildman–Crippen LogP) is 2.31. The Hall–Kier alpha value is -2.89. The van der Waals surface area contributed by atoms with Crippen LogP contribution < -0.4 is 10.9 Å². The lowest BCUT2D eigenvalue weighted by atomic mass is 10.0. The van der Waals surface area contributed by atoms with Crippen molar-refractivity contribution in [3.63, 3.8) is 0 Å². The van der Waals surface area contributed by atoms with Gasteiger partial charge in [-0.15, -0.1) is 0 Å². The zero-order valence-electron chi connectivity index (χ0n) is 12.9. The number of aromatic carboxylic acids is 1. The number of rotatable bonds is 5. The van der Waals surface area contributed by atoms with E-state index in [0.717, 1.165) is 16.2 Å². The Labute approximate surface area is 133 Å². The van der Waals surface area contributed by atoms with Gasteiger partial charge in [0.1, 0.15) is 6.54 Å². The number of anilines is 1. The fourth-order valence-corrected chi connectivity index (χ4v) is 2.24. The van der Waals surface area contributed by atoms with Crippen molar-refractivity contribution in [3.8, 4) is 0 Å². The highest BCUT2D eigenvalue weighted by Crippen LogP contribution is 2.23. The second-order valence-corrected chi connectivity index (χ2v) is 5.48. The summed E-state index contributed by atoms with van der Waals surface area (Å²) in [7, 11) is 0. The van der Waals surface area contributed by atoms with E-state index in [2.05, 4.69) is 5.32 Å². The van der Waals surface area contributed by atoms with Gasteiger partial charge >= 0.3 is 5.97 Å². The molecule has 0 unspecified atom stereocenters. The summed E-state index contributed by atoms with van der Waals surface area (Å²) in [5.74, 6) is -1.29. The number of aromatic nitrogens is 1. The third-order valence-electron chi connectivity index (χ3n) is 3.40. The molecule has 0 atom stereocenters. The molecule has 0 fully saturated rings. The van der Waals surface area contributed by atoms with Gasteiger partial charge < -0.3 is 15.0 Å². The Morgan fingerprint density at radius 2 is 1.87 bits per heavy atom. The molecule has 2 N–H and O–H groups in total. The van der Waals surface area contributed by atoms with Crippen molar-refractivity contribution in [1.29, 1.82) is 0 Å². The molecule has 0 aliphatic heterocycles. The number of carbonyl (C=O) groups is 2. The van der Waals surface area contributed by atoms with Gasteiger partial charge in [0.15, 0.2) is 0 Å². The number of hydrogen-bond donors (Lipinski definition) is 2. The first-order valence-corrected chi connectivity index (χ1v) is 7.21. The number of carboxylic acids is 1. The quantitative estimate of drug-likeness (QED) is 0.886. The first kappa shape index (κ1) is 16.5. The van der Waals surface area contributed by atoms with Crippen molar-refractivity contribution in [2.45, 2.75) is 26.3 Å². The molecule has 1 aromatic heterocycles. The fraction of sp³-hybridized carbons (Fsp3) is 0.235. The molecular weight excluding hydrogens is 296 g/mol. The zero-order valence-corrected chi connectivity index (χ0v) is 12.9. The third-order valence-corrected chi connectivity index (χ3v) is 3.40. The molecule has 6 nitrogen and oxygen atoms in total. The second kappa shape index (κ2) is 6.91. The molecule has 0 saturated heterocycles. The molecule has 0 aliphatic rings. The minimum Gasteiger partial charge on any atom is -0.478 e. The van der Waals surface area contributed by atoms with Gasteiger partial charge in [-0.2, -0.15) is 0 Å². The number of carboxylic acid groups (broad SMARTS) is 1. The van der Waals surface area contributed by atoms with E-state index in [-0.39, 0.29) is 23.9 Å². The number of para-hydroxylation sites is 1. The zero-order chi connectivity index (χ0) is 17.0. The van der Waals surface area contributed by atoms with Crippen LogP contribution in [0.5, 0.6) is 0 Å². The van der Waals surface area contributed by atoms with E-state index in [1.54, 1.807) is 6.07 Å². The second-order valence-electron chi connectivity index (χ2n) is 5.48. The Kier molecular flexibility index (Phi) is 4.95. The highest BCUT2D eigenvalue weighted by Gasteiger charge is 2.11. The maximum atomic E-state index is 12.2. The van der Waals surface area contributed by atoms with Gasteiger partial charge in [-0.3, -0.25) is 9.59 Å². The smallest absolute Gasteiger partial charge is 0.337 e. The van der Waals surface area contributed by atoms with Gasteiger partial charge in [-0.25, -0.2) is 4.79 Å². The third kappa shape index (κ3) is 4.06. The van der Waals surface area contributed by atoms with Crippen LogP contribution in [0.25, 0.3) is 0 Å². The predicted molar refractivity (Wildman–Crippen MR) is 86.8 cm³/mol. The Balaban J connectivity index is 2.19. The highest BCUT2D eigenvalue weighted by atomic mass is 16.4. The lowest BCUT2D eigenvalue weighted by Gasteiger charge is -2.14. The van der Waals surface area contributed by atoms with E-state index in [1.807, 2.05) is 32.0 Å². The lowest BCUT2D eigenvalue weighted by molar-refractivity contribution is -0.116. The summed E-state index contributed by atoms with van der Waals surface area (Å²) in [6, 6.07) is 9.79. The van der Waals surface area contributed by atoms with Gasteiger partial charge in [0, 0.05) is 18.0 Å². The molecule has 0 aliphatic carbocycles. The van der Waals surface area contributed by atoms with Crippen molar-refractivity contribution in [2.24, 2.45) is 0 Å². The van der Waals surface area contributed by atoms with E-state index in [9.17, 15) is 14.4 Å². The maximum absolute atomic E-state index is 12.2.